The van der Waals surface area contributed by atoms with Gasteiger partial charge in [0.05, 0.1) is 17.5 Å². The summed E-state index contributed by atoms with van der Waals surface area (Å²) in [6.45, 7) is 0. The highest BCUT2D eigenvalue weighted by molar-refractivity contribution is 5.99. The van der Waals surface area contributed by atoms with Gasteiger partial charge in [0.25, 0.3) is 0 Å². The third-order valence-corrected chi connectivity index (χ3v) is 3.41. The molecule has 0 fully saturated rings. The lowest BCUT2D eigenvalue weighted by Crippen LogP contribution is -2.20. The van der Waals surface area contributed by atoms with Crippen LogP contribution in [0.25, 0.3) is 0 Å². The van der Waals surface area contributed by atoms with Gasteiger partial charge in [0.2, 0.25) is 0 Å². The van der Waals surface area contributed by atoms with E-state index in [9.17, 15) is 18.0 Å². The van der Waals surface area contributed by atoms with Crippen LogP contribution in [0.2, 0.25) is 0 Å². The highest BCUT2D eigenvalue weighted by atomic mass is 19.4. The molecule has 2 aromatic rings. The average Bonchev–Trinajstić information content (AvgIpc) is 2.46. The van der Waals surface area contributed by atoms with Crippen molar-refractivity contribution >= 4 is 5.78 Å². The van der Waals surface area contributed by atoms with E-state index in [1.54, 1.807) is 30.3 Å². The van der Waals surface area contributed by atoms with Gasteiger partial charge in [-0.1, -0.05) is 24.3 Å². The maximum Gasteiger partial charge on any atom is 0.416 e. The topological polar surface area (TPSA) is 26.3 Å². The smallest absolute Gasteiger partial charge is 0.416 e. The lowest BCUT2D eigenvalue weighted by molar-refractivity contribution is -0.137. The summed E-state index contributed by atoms with van der Waals surface area (Å²) in [6.07, 6.45) is -5.06. The number of alkyl halides is 3. The van der Waals surface area contributed by atoms with Crippen molar-refractivity contribution in [2.24, 2.45) is 0 Å². The van der Waals surface area contributed by atoms with E-state index >= 15 is 0 Å². The van der Waals surface area contributed by atoms with Crippen molar-refractivity contribution < 1.29 is 22.7 Å². The van der Waals surface area contributed by atoms with Crippen molar-refractivity contribution in [3.05, 3.63) is 65.2 Å². The summed E-state index contributed by atoms with van der Waals surface area (Å²) in [5.41, 5.74) is 0.0864. The van der Waals surface area contributed by atoms with Crippen LogP contribution in [0.5, 0.6) is 5.75 Å². The summed E-state index contributed by atoms with van der Waals surface area (Å²) in [6, 6.07) is 11.7. The van der Waals surface area contributed by atoms with Crippen molar-refractivity contribution in [1.29, 1.82) is 0 Å². The van der Waals surface area contributed by atoms with Gasteiger partial charge >= 0.3 is 6.18 Å². The molecule has 1 aliphatic heterocycles. The Morgan fingerprint density at radius 1 is 1.05 bits per heavy atom. The highest BCUT2D eigenvalue weighted by Crippen LogP contribution is 2.37. The first-order chi connectivity index (χ1) is 9.95. The Morgan fingerprint density at radius 3 is 2.57 bits per heavy atom. The van der Waals surface area contributed by atoms with Gasteiger partial charge < -0.3 is 4.74 Å². The molecule has 1 unspecified atom stereocenters. The molecule has 5 heteroatoms. The van der Waals surface area contributed by atoms with E-state index in [2.05, 4.69) is 0 Å². The van der Waals surface area contributed by atoms with E-state index < -0.39 is 17.8 Å². The van der Waals surface area contributed by atoms with Gasteiger partial charge in [-0.15, -0.1) is 0 Å². The fourth-order valence-electron chi connectivity index (χ4n) is 2.37. The van der Waals surface area contributed by atoms with Crippen LogP contribution in [0.3, 0.4) is 0 Å². The zero-order valence-electron chi connectivity index (χ0n) is 10.9. The number of fused-ring (bicyclic) bond motifs is 1. The number of halogens is 3. The van der Waals surface area contributed by atoms with Gasteiger partial charge in [0.15, 0.2) is 5.78 Å². The number of benzene rings is 2. The fraction of sp³-hybridized carbons (Fsp3) is 0.188. The normalized spacial score (nSPS) is 18.0. The summed E-state index contributed by atoms with van der Waals surface area (Å²) < 4.78 is 43.9. The zero-order chi connectivity index (χ0) is 15.0. The Morgan fingerprint density at radius 2 is 1.81 bits per heavy atom. The molecular weight excluding hydrogens is 281 g/mol. The Bertz CT molecular complexity index is 692. The second kappa shape index (κ2) is 4.91. The van der Waals surface area contributed by atoms with Crippen LogP contribution in [0, 0.1) is 0 Å². The molecular formula is C16H11F3O2. The van der Waals surface area contributed by atoms with Crippen LogP contribution in [-0.4, -0.2) is 5.78 Å². The van der Waals surface area contributed by atoms with E-state index in [1.807, 2.05) is 0 Å². The van der Waals surface area contributed by atoms with Gasteiger partial charge in [-0.3, -0.25) is 4.79 Å². The molecule has 0 aliphatic carbocycles. The predicted molar refractivity (Wildman–Crippen MR) is 70.2 cm³/mol. The summed E-state index contributed by atoms with van der Waals surface area (Å²) >= 11 is 0. The van der Waals surface area contributed by atoms with Gasteiger partial charge in [0.1, 0.15) is 11.9 Å². The Kier molecular flexibility index (Phi) is 3.20. The number of hydrogen-bond donors (Lipinski definition) is 0. The number of ether oxygens (including phenoxy) is 1. The molecule has 2 aromatic carbocycles. The van der Waals surface area contributed by atoms with Crippen LogP contribution in [0.4, 0.5) is 13.2 Å². The van der Waals surface area contributed by atoms with E-state index in [4.69, 9.17) is 4.74 Å². The predicted octanol–water partition coefficient (Wildman–Crippen LogP) is 4.41. The lowest BCUT2D eigenvalue weighted by atomic mass is 9.95. The van der Waals surface area contributed by atoms with E-state index in [1.165, 1.54) is 6.07 Å². The largest absolute Gasteiger partial charge is 0.484 e. The Hall–Kier alpha value is -2.30. The zero-order valence-corrected chi connectivity index (χ0v) is 10.9. The number of carbonyl (C=O) groups excluding carboxylic acids is 1. The van der Waals surface area contributed by atoms with Crippen LogP contribution in [0.1, 0.15) is 34.0 Å². The van der Waals surface area contributed by atoms with Crippen LogP contribution in [0.15, 0.2) is 48.5 Å². The third kappa shape index (κ3) is 2.63. The van der Waals surface area contributed by atoms with Crippen molar-refractivity contribution in [3.63, 3.8) is 0 Å². The van der Waals surface area contributed by atoms with E-state index in [-0.39, 0.29) is 12.2 Å². The fourth-order valence-corrected chi connectivity index (χ4v) is 2.37. The van der Waals surface area contributed by atoms with Crippen LogP contribution < -0.4 is 4.74 Å². The number of para-hydroxylation sites is 1. The van der Waals surface area contributed by atoms with Gasteiger partial charge in [-0.25, -0.2) is 0 Å². The first-order valence-electron chi connectivity index (χ1n) is 6.41. The maximum absolute atomic E-state index is 12.7. The monoisotopic (exact) mass is 292 g/mol. The average molecular weight is 292 g/mol. The minimum absolute atomic E-state index is 0.0400. The van der Waals surface area contributed by atoms with Gasteiger partial charge in [-0.2, -0.15) is 13.2 Å². The summed E-state index contributed by atoms with van der Waals surface area (Å²) in [7, 11) is 0. The molecule has 0 spiro atoms. The third-order valence-electron chi connectivity index (χ3n) is 3.41. The minimum atomic E-state index is -4.41. The van der Waals surface area contributed by atoms with Crippen molar-refractivity contribution in [3.8, 4) is 5.75 Å². The molecule has 0 bridgehead atoms. The standard InChI is InChI=1S/C16H11F3O2/c17-16(18,19)11-5-3-4-10(8-11)15-9-13(20)12-6-1-2-7-14(12)21-15/h1-8,15H,9H2. The second-order valence-corrected chi connectivity index (χ2v) is 4.85. The van der Waals surface area contributed by atoms with Crippen molar-refractivity contribution in [2.45, 2.75) is 18.7 Å². The number of ketones is 1. The molecule has 1 heterocycles. The molecule has 0 amide bonds. The summed E-state index contributed by atoms with van der Waals surface area (Å²) in [5, 5.41) is 0. The number of carbonyl (C=O) groups is 1. The van der Waals surface area contributed by atoms with Crippen molar-refractivity contribution in [1.82, 2.24) is 0 Å². The molecule has 21 heavy (non-hydrogen) atoms. The number of rotatable bonds is 1. The first kappa shape index (κ1) is 13.7. The molecule has 0 saturated heterocycles. The molecule has 108 valence electrons. The molecule has 0 N–H and O–H groups in total. The molecule has 1 aliphatic rings. The van der Waals surface area contributed by atoms with E-state index in [0.717, 1.165) is 12.1 Å². The van der Waals surface area contributed by atoms with E-state index in [0.29, 0.717) is 16.9 Å². The van der Waals surface area contributed by atoms with Crippen LogP contribution >= 0.6 is 0 Å². The van der Waals surface area contributed by atoms with Gasteiger partial charge in [-0.05, 0) is 29.8 Å². The quantitative estimate of drug-likeness (QED) is 0.778. The molecule has 0 radical (unpaired) electrons. The Labute approximate surface area is 119 Å². The first-order valence-corrected chi connectivity index (χ1v) is 6.41. The molecule has 3 rings (SSSR count). The SMILES string of the molecule is O=C1CC(c2cccc(C(F)(F)F)c2)Oc2ccccc21. The minimum Gasteiger partial charge on any atom is -0.484 e. The summed E-state index contributed by atoms with van der Waals surface area (Å²) in [5.74, 6) is 0.287. The highest BCUT2D eigenvalue weighted by Gasteiger charge is 2.32. The molecule has 0 aromatic heterocycles. The summed E-state index contributed by atoms with van der Waals surface area (Å²) in [4.78, 5) is 12.0. The maximum atomic E-state index is 12.7. The molecule has 1 atom stereocenters. The molecule has 0 saturated carbocycles. The lowest BCUT2D eigenvalue weighted by Gasteiger charge is -2.25. The molecule has 2 nitrogen and oxygen atoms in total. The second-order valence-electron chi connectivity index (χ2n) is 4.85. The number of hydrogen-bond acceptors (Lipinski definition) is 2. The van der Waals surface area contributed by atoms with Gasteiger partial charge in [0, 0.05) is 0 Å². The van der Waals surface area contributed by atoms with Crippen LogP contribution in [-0.2, 0) is 6.18 Å². The van der Waals surface area contributed by atoms with Crippen molar-refractivity contribution in [2.75, 3.05) is 0 Å². The number of Topliss-reactive ketones (excluding diaryl/α,β-unsaturated/α-hetero) is 1. The Balaban J connectivity index is 1.95.